The topological polar surface area (TPSA) is 65.6 Å². The van der Waals surface area contributed by atoms with Crippen LogP contribution < -0.4 is 5.73 Å². The molecule has 0 saturated heterocycles. The normalized spacial score (nSPS) is 12.6. The second kappa shape index (κ2) is 3.17. The highest BCUT2D eigenvalue weighted by atomic mass is 14.7. The Bertz CT molecular complexity index is 503. The summed E-state index contributed by atoms with van der Waals surface area (Å²) in [5.41, 5.74) is 8.46. The lowest BCUT2D eigenvalue weighted by atomic mass is 10.0. The fraction of sp³-hybridized carbons (Fsp3) is 0.182. The quantitative estimate of drug-likeness (QED) is 0.714. The third-order valence-corrected chi connectivity index (χ3v) is 2.35. The van der Waals surface area contributed by atoms with Crippen molar-refractivity contribution in [2.24, 2.45) is 5.73 Å². The van der Waals surface area contributed by atoms with Crippen LogP contribution in [0.4, 0.5) is 0 Å². The van der Waals surface area contributed by atoms with Crippen molar-refractivity contribution in [2.75, 3.05) is 0 Å². The smallest absolute Gasteiger partial charge is 0.0998 e. The molecule has 0 aliphatic carbocycles. The third kappa shape index (κ3) is 1.17. The Hall–Kier alpha value is -1.79. The van der Waals surface area contributed by atoms with Crippen LogP contribution in [0.3, 0.4) is 0 Å². The van der Waals surface area contributed by atoms with Crippen LogP contribution in [0.15, 0.2) is 24.4 Å². The maximum Gasteiger partial charge on any atom is 0.0998 e. The number of hydrogen-bond donors (Lipinski definition) is 2. The van der Waals surface area contributed by atoms with Gasteiger partial charge < -0.3 is 10.7 Å². The largest absolute Gasteiger partial charge is 0.361 e. The van der Waals surface area contributed by atoms with Gasteiger partial charge in [0, 0.05) is 23.1 Å². The van der Waals surface area contributed by atoms with Crippen LogP contribution in [0, 0.1) is 11.3 Å². The summed E-state index contributed by atoms with van der Waals surface area (Å²) in [7, 11) is 0. The summed E-state index contributed by atoms with van der Waals surface area (Å²) < 4.78 is 0. The van der Waals surface area contributed by atoms with Gasteiger partial charge in [0.05, 0.1) is 11.6 Å². The van der Waals surface area contributed by atoms with E-state index in [0.29, 0.717) is 5.56 Å². The van der Waals surface area contributed by atoms with Gasteiger partial charge in [-0.25, -0.2) is 0 Å². The van der Waals surface area contributed by atoms with Crippen molar-refractivity contribution in [2.45, 2.75) is 13.0 Å². The SMILES string of the molecule is C[C@@H](N)c1c[nH]c2cccc(C#N)c12. The number of nitrogens with zero attached hydrogens (tertiary/aromatic N) is 1. The zero-order chi connectivity index (χ0) is 10.1. The van der Waals surface area contributed by atoms with Gasteiger partial charge in [-0.3, -0.25) is 0 Å². The number of nitrogens with one attached hydrogen (secondary N) is 1. The van der Waals surface area contributed by atoms with E-state index in [2.05, 4.69) is 11.1 Å². The molecule has 0 fully saturated rings. The summed E-state index contributed by atoms with van der Waals surface area (Å²) in [5.74, 6) is 0. The lowest BCUT2D eigenvalue weighted by Gasteiger charge is -2.03. The van der Waals surface area contributed by atoms with Gasteiger partial charge in [-0.05, 0) is 24.6 Å². The average molecular weight is 185 g/mol. The molecule has 0 amide bonds. The molecule has 1 atom stereocenters. The third-order valence-electron chi connectivity index (χ3n) is 2.35. The van der Waals surface area contributed by atoms with Gasteiger partial charge in [0.25, 0.3) is 0 Å². The van der Waals surface area contributed by atoms with E-state index < -0.39 is 0 Å². The van der Waals surface area contributed by atoms with Crippen molar-refractivity contribution < 1.29 is 0 Å². The first kappa shape index (κ1) is 8.79. The molecule has 1 aromatic heterocycles. The maximum absolute atomic E-state index is 8.96. The molecule has 0 radical (unpaired) electrons. The Balaban J connectivity index is 2.83. The molecule has 0 bridgehead atoms. The number of rotatable bonds is 1. The summed E-state index contributed by atoms with van der Waals surface area (Å²) in [6.07, 6.45) is 1.87. The number of aromatic nitrogens is 1. The number of nitriles is 1. The lowest BCUT2D eigenvalue weighted by molar-refractivity contribution is 0.826. The molecule has 70 valence electrons. The van der Waals surface area contributed by atoms with Crippen molar-refractivity contribution in [3.63, 3.8) is 0 Å². The van der Waals surface area contributed by atoms with E-state index in [-0.39, 0.29) is 6.04 Å². The van der Waals surface area contributed by atoms with Crippen LogP contribution in [0.1, 0.15) is 24.1 Å². The molecule has 14 heavy (non-hydrogen) atoms. The van der Waals surface area contributed by atoms with Crippen LogP contribution in [-0.4, -0.2) is 4.98 Å². The maximum atomic E-state index is 8.96. The predicted molar refractivity (Wildman–Crippen MR) is 55.6 cm³/mol. The van der Waals surface area contributed by atoms with Crippen LogP contribution in [0.2, 0.25) is 0 Å². The molecule has 1 heterocycles. The molecule has 3 nitrogen and oxygen atoms in total. The Kier molecular flexibility index (Phi) is 1.99. The number of benzene rings is 1. The molecule has 1 aromatic carbocycles. The van der Waals surface area contributed by atoms with Gasteiger partial charge in [-0.2, -0.15) is 5.26 Å². The van der Waals surface area contributed by atoms with E-state index >= 15 is 0 Å². The number of aromatic amines is 1. The van der Waals surface area contributed by atoms with E-state index in [1.807, 2.05) is 31.3 Å². The van der Waals surface area contributed by atoms with Crippen molar-refractivity contribution in [1.82, 2.24) is 4.98 Å². The number of hydrogen-bond acceptors (Lipinski definition) is 2. The van der Waals surface area contributed by atoms with Gasteiger partial charge in [-0.1, -0.05) is 6.07 Å². The number of fused-ring (bicyclic) bond motifs is 1. The summed E-state index contributed by atoms with van der Waals surface area (Å²) >= 11 is 0. The standard InChI is InChI=1S/C11H11N3/c1-7(13)9-6-14-10-4-2-3-8(5-12)11(9)10/h2-4,6-7,14H,13H2,1H3/t7-/m1/s1. The first-order valence-corrected chi connectivity index (χ1v) is 4.49. The second-order valence-electron chi connectivity index (χ2n) is 3.37. The van der Waals surface area contributed by atoms with Crippen molar-refractivity contribution in [3.8, 4) is 6.07 Å². The Morgan fingerprint density at radius 3 is 2.93 bits per heavy atom. The fourth-order valence-electron chi connectivity index (χ4n) is 1.66. The summed E-state index contributed by atoms with van der Waals surface area (Å²) in [6, 6.07) is 7.74. The van der Waals surface area contributed by atoms with Crippen molar-refractivity contribution in [3.05, 3.63) is 35.5 Å². The van der Waals surface area contributed by atoms with Gasteiger partial charge in [0.2, 0.25) is 0 Å². The molecular formula is C11H11N3. The zero-order valence-electron chi connectivity index (χ0n) is 7.91. The minimum absolute atomic E-state index is 0.0572. The van der Waals surface area contributed by atoms with Crippen molar-refractivity contribution in [1.29, 1.82) is 5.26 Å². The molecule has 0 spiro atoms. The number of H-pyrrole nitrogens is 1. The van der Waals surface area contributed by atoms with Gasteiger partial charge >= 0.3 is 0 Å². The molecular weight excluding hydrogens is 174 g/mol. The van der Waals surface area contributed by atoms with E-state index in [1.165, 1.54) is 0 Å². The highest BCUT2D eigenvalue weighted by Crippen LogP contribution is 2.25. The first-order chi connectivity index (χ1) is 6.74. The Labute approximate surface area is 82.1 Å². The van der Waals surface area contributed by atoms with Gasteiger partial charge in [-0.15, -0.1) is 0 Å². The monoisotopic (exact) mass is 185 g/mol. The molecule has 3 heteroatoms. The lowest BCUT2D eigenvalue weighted by Crippen LogP contribution is -2.04. The zero-order valence-corrected chi connectivity index (χ0v) is 7.91. The first-order valence-electron chi connectivity index (χ1n) is 4.49. The minimum Gasteiger partial charge on any atom is -0.361 e. The molecule has 0 aliphatic rings. The Morgan fingerprint density at radius 2 is 2.29 bits per heavy atom. The van der Waals surface area contributed by atoms with E-state index in [1.54, 1.807) is 0 Å². The molecule has 0 saturated carbocycles. The van der Waals surface area contributed by atoms with Crippen LogP contribution in [0.5, 0.6) is 0 Å². The fourth-order valence-corrected chi connectivity index (χ4v) is 1.66. The minimum atomic E-state index is -0.0572. The average Bonchev–Trinajstić information content (AvgIpc) is 2.60. The van der Waals surface area contributed by atoms with E-state index in [0.717, 1.165) is 16.5 Å². The summed E-state index contributed by atoms with van der Waals surface area (Å²) in [4.78, 5) is 3.11. The molecule has 3 N–H and O–H groups in total. The van der Waals surface area contributed by atoms with E-state index in [9.17, 15) is 0 Å². The highest BCUT2D eigenvalue weighted by Gasteiger charge is 2.10. The summed E-state index contributed by atoms with van der Waals surface area (Å²) in [5, 5.41) is 9.90. The highest BCUT2D eigenvalue weighted by molar-refractivity contribution is 5.89. The molecule has 2 rings (SSSR count). The van der Waals surface area contributed by atoms with Gasteiger partial charge in [0.1, 0.15) is 0 Å². The molecule has 0 aliphatic heterocycles. The number of nitrogens with two attached hydrogens (primary N) is 1. The summed E-state index contributed by atoms with van der Waals surface area (Å²) in [6.45, 7) is 1.91. The second-order valence-corrected chi connectivity index (χ2v) is 3.37. The van der Waals surface area contributed by atoms with Crippen LogP contribution in [-0.2, 0) is 0 Å². The predicted octanol–water partition coefficient (Wildman–Crippen LogP) is 2.06. The van der Waals surface area contributed by atoms with Crippen LogP contribution in [0.25, 0.3) is 10.9 Å². The Morgan fingerprint density at radius 1 is 1.50 bits per heavy atom. The van der Waals surface area contributed by atoms with Crippen LogP contribution >= 0.6 is 0 Å². The van der Waals surface area contributed by atoms with Crippen molar-refractivity contribution >= 4 is 10.9 Å². The van der Waals surface area contributed by atoms with Gasteiger partial charge in [0.15, 0.2) is 0 Å². The molecule has 0 unspecified atom stereocenters. The molecule has 2 aromatic rings. The van der Waals surface area contributed by atoms with E-state index in [4.69, 9.17) is 11.0 Å².